The van der Waals surface area contributed by atoms with E-state index in [-0.39, 0.29) is 12.6 Å². The minimum absolute atomic E-state index is 0.157. The summed E-state index contributed by atoms with van der Waals surface area (Å²) >= 11 is 0. The summed E-state index contributed by atoms with van der Waals surface area (Å²) in [6, 6.07) is 11.9. The van der Waals surface area contributed by atoms with Crippen LogP contribution in [0.2, 0.25) is 0 Å². The molecule has 0 saturated heterocycles. The van der Waals surface area contributed by atoms with E-state index < -0.39 is 11.7 Å². The third kappa shape index (κ3) is 5.68. The lowest BCUT2D eigenvalue weighted by Gasteiger charge is -2.18. The molecule has 0 atom stereocenters. The van der Waals surface area contributed by atoms with Gasteiger partial charge < -0.3 is 15.0 Å². The second kappa shape index (κ2) is 8.60. The van der Waals surface area contributed by atoms with Crippen molar-refractivity contribution in [2.24, 2.45) is 0 Å². The van der Waals surface area contributed by atoms with Crippen LogP contribution in [0.25, 0.3) is 0 Å². The summed E-state index contributed by atoms with van der Waals surface area (Å²) in [6.45, 7) is 3.06. The lowest BCUT2D eigenvalue weighted by molar-refractivity contribution is -0.137. The van der Waals surface area contributed by atoms with Crippen LogP contribution in [0.5, 0.6) is 5.75 Å². The molecule has 2 aromatic rings. The summed E-state index contributed by atoms with van der Waals surface area (Å²) in [7, 11) is 1.65. The second-order valence-electron chi connectivity index (χ2n) is 5.79. The van der Waals surface area contributed by atoms with E-state index >= 15 is 0 Å². The first-order valence-electron chi connectivity index (χ1n) is 8.16. The molecule has 0 aliphatic carbocycles. The van der Waals surface area contributed by atoms with Crippen molar-refractivity contribution in [1.82, 2.24) is 10.2 Å². The molecule has 0 heterocycles. The van der Waals surface area contributed by atoms with Crippen LogP contribution in [0, 0.1) is 0 Å². The fourth-order valence-corrected chi connectivity index (χ4v) is 2.33. The summed E-state index contributed by atoms with van der Waals surface area (Å²) in [5, 5.41) is 2.69. The smallest absolute Gasteiger partial charge is 0.416 e. The second-order valence-corrected chi connectivity index (χ2v) is 5.79. The van der Waals surface area contributed by atoms with Crippen LogP contribution < -0.4 is 10.1 Å². The average Bonchev–Trinajstić information content (AvgIpc) is 2.61. The quantitative estimate of drug-likeness (QED) is 0.821. The van der Waals surface area contributed by atoms with Crippen molar-refractivity contribution in [1.29, 1.82) is 0 Å². The van der Waals surface area contributed by atoms with Crippen molar-refractivity contribution in [2.75, 3.05) is 13.7 Å². The van der Waals surface area contributed by atoms with Gasteiger partial charge in [-0.25, -0.2) is 4.79 Å². The molecule has 4 nitrogen and oxygen atoms in total. The van der Waals surface area contributed by atoms with Crippen LogP contribution in [-0.4, -0.2) is 24.6 Å². The van der Waals surface area contributed by atoms with E-state index in [1.807, 2.05) is 31.2 Å². The van der Waals surface area contributed by atoms with Crippen LogP contribution in [-0.2, 0) is 19.3 Å². The predicted octanol–water partition coefficient (Wildman–Crippen LogP) is 4.45. The Hall–Kier alpha value is -2.70. The van der Waals surface area contributed by atoms with E-state index in [1.165, 1.54) is 17.0 Å². The number of hydrogen-bond donors (Lipinski definition) is 1. The Morgan fingerprint density at radius 1 is 1.04 bits per heavy atom. The van der Waals surface area contributed by atoms with Gasteiger partial charge in [0.25, 0.3) is 0 Å². The van der Waals surface area contributed by atoms with Crippen LogP contribution in [0.15, 0.2) is 48.5 Å². The van der Waals surface area contributed by atoms with E-state index in [1.54, 1.807) is 7.05 Å². The van der Waals surface area contributed by atoms with Gasteiger partial charge in [-0.1, -0.05) is 24.3 Å². The number of halogens is 3. The number of alkyl halides is 3. The van der Waals surface area contributed by atoms with Crippen molar-refractivity contribution in [3.63, 3.8) is 0 Å². The van der Waals surface area contributed by atoms with Crippen molar-refractivity contribution in [3.8, 4) is 5.75 Å². The fourth-order valence-electron chi connectivity index (χ4n) is 2.33. The number of amides is 2. The topological polar surface area (TPSA) is 41.6 Å². The van der Waals surface area contributed by atoms with Crippen molar-refractivity contribution >= 4 is 6.03 Å². The maximum atomic E-state index is 12.5. The standard InChI is InChI=1S/C19H21F3N2O2/c1-3-26-17-10-6-15(7-11-17)13-24(2)18(25)23-12-14-4-8-16(9-5-14)19(20,21)22/h4-11H,3,12-13H2,1-2H3,(H,23,25). The summed E-state index contributed by atoms with van der Waals surface area (Å²) in [5.74, 6) is 0.769. The normalized spacial score (nSPS) is 11.1. The van der Waals surface area contributed by atoms with Gasteiger partial charge in [-0.2, -0.15) is 13.2 Å². The van der Waals surface area contributed by atoms with Gasteiger partial charge in [-0.15, -0.1) is 0 Å². The molecule has 2 aromatic carbocycles. The molecule has 2 rings (SSSR count). The highest BCUT2D eigenvalue weighted by Gasteiger charge is 2.29. The molecular formula is C19H21F3N2O2. The number of benzene rings is 2. The molecule has 0 aliphatic rings. The maximum Gasteiger partial charge on any atom is 0.416 e. The van der Waals surface area contributed by atoms with Gasteiger partial charge in [0.15, 0.2) is 0 Å². The number of urea groups is 1. The molecule has 0 saturated carbocycles. The highest BCUT2D eigenvalue weighted by atomic mass is 19.4. The first-order chi connectivity index (χ1) is 12.3. The van der Waals surface area contributed by atoms with Gasteiger partial charge in [0.05, 0.1) is 12.2 Å². The molecular weight excluding hydrogens is 345 g/mol. The number of nitrogens with zero attached hydrogens (tertiary/aromatic N) is 1. The summed E-state index contributed by atoms with van der Waals surface area (Å²) in [6.07, 6.45) is -4.36. The van der Waals surface area contributed by atoms with Crippen LogP contribution in [0.4, 0.5) is 18.0 Å². The third-order valence-corrected chi connectivity index (χ3v) is 3.73. The minimum atomic E-state index is -4.36. The van der Waals surface area contributed by atoms with E-state index in [0.717, 1.165) is 23.4 Å². The summed E-state index contributed by atoms with van der Waals surface area (Å²) in [5.41, 5.74) is 0.835. The Morgan fingerprint density at radius 3 is 2.15 bits per heavy atom. The first kappa shape index (κ1) is 19.6. The van der Waals surface area contributed by atoms with Gasteiger partial charge in [0.1, 0.15) is 5.75 Å². The number of rotatable bonds is 6. The monoisotopic (exact) mass is 366 g/mol. The summed E-state index contributed by atoms with van der Waals surface area (Å²) in [4.78, 5) is 13.6. The van der Waals surface area contributed by atoms with Gasteiger partial charge in [-0.3, -0.25) is 0 Å². The lowest BCUT2D eigenvalue weighted by atomic mass is 10.1. The number of carbonyl (C=O) groups is 1. The largest absolute Gasteiger partial charge is 0.494 e. The summed E-state index contributed by atoms with van der Waals surface area (Å²) < 4.78 is 43.0. The van der Waals surface area contributed by atoms with E-state index in [0.29, 0.717) is 18.7 Å². The SMILES string of the molecule is CCOc1ccc(CN(C)C(=O)NCc2ccc(C(F)(F)F)cc2)cc1. The van der Waals surface area contributed by atoms with Gasteiger partial charge in [0, 0.05) is 20.1 Å². The number of carbonyl (C=O) groups excluding carboxylic acids is 1. The minimum Gasteiger partial charge on any atom is -0.494 e. The van der Waals surface area contributed by atoms with Crippen molar-refractivity contribution in [3.05, 3.63) is 65.2 Å². The van der Waals surface area contributed by atoms with Crippen LogP contribution in [0.1, 0.15) is 23.6 Å². The first-order valence-corrected chi connectivity index (χ1v) is 8.16. The molecule has 140 valence electrons. The Balaban J connectivity index is 1.85. The molecule has 0 unspecified atom stereocenters. The van der Waals surface area contributed by atoms with Crippen LogP contribution in [0.3, 0.4) is 0 Å². The molecule has 0 bridgehead atoms. The molecule has 0 aromatic heterocycles. The highest BCUT2D eigenvalue weighted by molar-refractivity contribution is 5.73. The Labute approximate surface area is 150 Å². The molecule has 0 spiro atoms. The molecule has 0 aliphatic heterocycles. The van der Waals surface area contributed by atoms with E-state index in [9.17, 15) is 18.0 Å². The zero-order chi connectivity index (χ0) is 19.2. The molecule has 2 amide bonds. The zero-order valence-electron chi connectivity index (χ0n) is 14.6. The lowest BCUT2D eigenvalue weighted by Crippen LogP contribution is -2.36. The number of nitrogens with one attached hydrogen (secondary N) is 1. The van der Waals surface area contributed by atoms with E-state index in [4.69, 9.17) is 4.74 Å². The molecule has 7 heteroatoms. The Morgan fingerprint density at radius 2 is 1.62 bits per heavy atom. The molecule has 0 fully saturated rings. The number of hydrogen-bond acceptors (Lipinski definition) is 2. The third-order valence-electron chi connectivity index (χ3n) is 3.73. The number of ether oxygens (including phenoxy) is 1. The molecule has 26 heavy (non-hydrogen) atoms. The van der Waals surface area contributed by atoms with E-state index in [2.05, 4.69) is 5.32 Å². The molecule has 0 radical (unpaired) electrons. The Kier molecular flexibility index (Phi) is 6.49. The maximum absolute atomic E-state index is 12.5. The van der Waals surface area contributed by atoms with Gasteiger partial charge in [-0.05, 0) is 42.3 Å². The average molecular weight is 366 g/mol. The predicted molar refractivity (Wildman–Crippen MR) is 92.8 cm³/mol. The van der Waals surface area contributed by atoms with Crippen molar-refractivity contribution < 1.29 is 22.7 Å². The van der Waals surface area contributed by atoms with Gasteiger partial charge in [0.2, 0.25) is 0 Å². The fraction of sp³-hybridized carbons (Fsp3) is 0.316. The van der Waals surface area contributed by atoms with Crippen LogP contribution >= 0.6 is 0 Å². The van der Waals surface area contributed by atoms with Crippen molar-refractivity contribution in [2.45, 2.75) is 26.2 Å². The van der Waals surface area contributed by atoms with Gasteiger partial charge >= 0.3 is 12.2 Å². The zero-order valence-corrected chi connectivity index (χ0v) is 14.6. The highest BCUT2D eigenvalue weighted by Crippen LogP contribution is 2.29. The Bertz CT molecular complexity index is 713. The molecule has 1 N–H and O–H groups in total.